The molecule has 9 heavy (non-hydrogen) atoms. The van der Waals surface area contributed by atoms with Gasteiger partial charge in [0.25, 0.3) is 0 Å². The second kappa shape index (κ2) is 2.09. The SMILES string of the molecule is C/C(O)=C1\CCOC1=O. The number of hydrogen-bond donors (Lipinski definition) is 1. The van der Waals surface area contributed by atoms with Gasteiger partial charge in [0.2, 0.25) is 0 Å². The Kier molecular flexibility index (Phi) is 1.42. The van der Waals surface area contributed by atoms with E-state index in [9.17, 15) is 4.79 Å². The fourth-order valence-electron chi connectivity index (χ4n) is 0.764. The van der Waals surface area contributed by atoms with Crippen molar-refractivity contribution in [3.05, 3.63) is 11.3 Å². The summed E-state index contributed by atoms with van der Waals surface area (Å²) in [6.07, 6.45) is 0.543. The highest BCUT2D eigenvalue weighted by Crippen LogP contribution is 2.15. The van der Waals surface area contributed by atoms with E-state index in [1.54, 1.807) is 0 Å². The molecule has 1 saturated heterocycles. The fourth-order valence-corrected chi connectivity index (χ4v) is 0.764. The van der Waals surface area contributed by atoms with Crippen LogP contribution in [0.15, 0.2) is 11.3 Å². The number of carbonyl (C=O) groups is 1. The Bertz CT molecular complexity index is 165. The molecular weight excluding hydrogens is 120 g/mol. The van der Waals surface area contributed by atoms with Crippen molar-refractivity contribution >= 4 is 5.97 Å². The molecule has 0 aromatic heterocycles. The van der Waals surface area contributed by atoms with E-state index in [4.69, 9.17) is 5.11 Å². The molecule has 1 N–H and O–H groups in total. The van der Waals surface area contributed by atoms with Gasteiger partial charge in [-0.1, -0.05) is 0 Å². The van der Waals surface area contributed by atoms with Crippen LogP contribution in [0.5, 0.6) is 0 Å². The normalized spacial score (nSPS) is 23.9. The Hall–Kier alpha value is -0.990. The van der Waals surface area contributed by atoms with Gasteiger partial charge in [-0.3, -0.25) is 0 Å². The van der Waals surface area contributed by atoms with Crippen LogP contribution in [0.4, 0.5) is 0 Å². The summed E-state index contributed by atoms with van der Waals surface area (Å²) >= 11 is 0. The van der Waals surface area contributed by atoms with Gasteiger partial charge < -0.3 is 9.84 Å². The zero-order valence-corrected chi connectivity index (χ0v) is 5.18. The molecule has 0 radical (unpaired) electrons. The van der Waals surface area contributed by atoms with E-state index < -0.39 is 0 Å². The van der Waals surface area contributed by atoms with Crippen LogP contribution in [-0.4, -0.2) is 17.7 Å². The first-order valence-corrected chi connectivity index (χ1v) is 2.77. The van der Waals surface area contributed by atoms with Crippen LogP contribution in [-0.2, 0) is 9.53 Å². The van der Waals surface area contributed by atoms with Crippen molar-refractivity contribution in [2.24, 2.45) is 0 Å². The molecule has 0 unspecified atom stereocenters. The standard InChI is InChI=1S/C6H8O3/c1-4(7)5-2-3-9-6(5)8/h7H,2-3H2,1H3/b5-4-. The van der Waals surface area contributed by atoms with Crippen LogP contribution in [0.3, 0.4) is 0 Å². The van der Waals surface area contributed by atoms with Gasteiger partial charge in [0.1, 0.15) is 0 Å². The summed E-state index contributed by atoms with van der Waals surface area (Å²) in [7, 11) is 0. The molecule has 3 nitrogen and oxygen atoms in total. The van der Waals surface area contributed by atoms with Crippen molar-refractivity contribution < 1.29 is 14.6 Å². The summed E-state index contributed by atoms with van der Waals surface area (Å²) in [5, 5.41) is 8.80. The van der Waals surface area contributed by atoms with Gasteiger partial charge >= 0.3 is 5.97 Å². The third kappa shape index (κ3) is 1.04. The molecule has 0 spiro atoms. The lowest BCUT2D eigenvalue weighted by atomic mass is 10.2. The predicted octanol–water partition coefficient (Wildman–Crippen LogP) is 0.765. The first kappa shape index (κ1) is 6.13. The Labute approximate surface area is 52.9 Å². The summed E-state index contributed by atoms with van der Waals surface area (Å²) < 4.78 is 4.57. The zero-order valence-electron chi connectivity index (χ0n) is 5.18. The maximum Gasteiger partial charge on any atom is 0.337 e. The van der Waals surface area contributed by atoms with E-state index in [1.807, 2.05) is 0 Å². The van der Waals surface area contributed by atoms with Crippen LogP contribution in [0.25, 0.3) is 0 Å². The van der Waals surface area contributed by atoms with Crippen LogP contribution < -0.4 is 0 Å². The van der Waals surface area contributed by atoms with E-state index in [0.717, 1.165) is 0 Å². The molecule has 1 aliphatic rings. The predicted molar refractivity (Wildman–Crippen MR) is 30.9 cm³/mol. The highest BCUT2D eigenvalue weighted by Gasteiger charge is 2.20. The second-order valence-corrected chi connectivity index (χ2v) is 1.95. The smallest absolute Gasteiger partial charge is 0.337 e. The highest BCUT2D eigenvalue weighted by atomic mass is 16.5. The minimum atomic E-state index is -0.380. The zero-order chi connectivity index (χ0) is 6.85. The molecule has 0 aliphatic carbocycles. The molecule has 1 fully saturated rings. The number of carbonyl (C=O) groups excluding carboxylic acids is 1. The first-order valence-electron chi connectivity index (χ1n) is 2.77. The van der Waals surface area contributed by atoms with E-state index in [2.05, 4.69) is 4.74 Å². The Morgan fingerprint density at radius 3 is 2.67 bits per heavy atom. The maximum absolute atomic E-state index is 10.6. The largest absolute Gasteiger partial charge is 0.512 e. The average Bonchev–Trinajstić information content (AvgIpc) is 2.13. The molecule has 0 amide bonds. The number of esters is 1. The minimum absolute atomic E-state index is 0.0810. The number of hydrogen-bond acceptors (Lipinski definition) is 3. The lowest BCUT2D eigenvalue weighted by Crippen LogP contribution is -1.96. The maximum atomic E-state index is 10.6. The van der Waals surface area contributed by atoms with Crippen molar-refractivity contribution in [1.29, 1.82) is 0 Å². The van der Waals surface area contributed by atoms with E-state index >= 15 is 0 Å². The average molecular weight is 128 g/mol. The van der Waals surface area contributed by atoms with Gasteiger partial charge in [-0.15, -0.1) is 0 Å². The molecule has 3 heteroatoms. The number of allylic oxidation sites excluding steroid dienone is 1. The number of aliphatic hydroxyl groups excluding tert-OH is 1. The van der Waals surface area contributed by atoms with E-state index in [1.165, 1.54) is 6.92 Å². The van der Waals surface area contributed by atoms with Gasteiger partial charge in [0, 0.05) is 6.42 Å². The van der Waals surface area contributed by atoms with Crippen molar-refractivity contribution in [2.45, 2.75) is 13.3 Å². The minimum Gasteiger partial charge on any atom is -0.512 e. The van der Waals surface area contributed by atoms with Crippen LogP contribution in [0.1, 0.15) is 13.3 Å². The second-order valence-electron chi connectivity index (χ2n) is 1.95. The van der Waals surface area contributed by atoms with Crippen LogP contribution in [0, 0.1) is 0 Å². The lowest BCUT2D eigenvalue weighted by molar-refractivity contribution is -0.135. The molecule has 0 atom stereocenters. The van der Waals surface area contributed by atoms with Gasteiger partial charge in [0.05, 0.1) is 17.9 Å². The molecule has 1 aliphatic heterocycles. The molecule has 0 aromatic rings. The molecule has 0 bridgehead atoms. The summed E-state index contributed by atoms with van der Waals surface area (Å²) in [4.78, 5) is 10.6. The summed E-state index contributed by atoms with van der Waals surface area (Å²) in [6.45, 7) is 1.90. The van der Waals surface area contributed by atoms with Crippen molar-refractivity contribution in [1.82, 2.24) is 0 Å². The molecule has 1 rings (SSSR count). The monoisotopic (exact) mass is 128 g/mol. The summed E-state index contributed by atoms with van der Waals surface area (Å²) in [5.74, 6) is -0.299. The number of ether oxygens (including phenoxy) is 1. The van der Waals surface area contributed by atoms with Gasteiger partial charge in [-0.25, -0.2) is 4.79 Å². The first-order chi connectivity index (χ1) is 4.22. The van der Waals surface area contributed by atoms with Crippen LogP contribution in [0.2, 0.25) is 0 Å². The Morgan fingerprint density at radius 1 is 1.78 bits per heavy atom. The number of cyclic esters (lactones) is 1. The summed E-state index contributed by atoms with van der Waals surface area (Å²) in [5.41, 5.74) is 0.412. The van der Waals surface area contributed by atoms with Crippen molar-refractivity contribution in [3.63, 3.8) is 0 Å². The van der Waals surface area contributed by atoms with Crippen molar-refractivity contribution in [3.8, 4) is 0 Å². The van der Waals surface area contributed by atoms with Crippen molar-refractivity contribution in [2.75, 3.05) is 6.61 Å². The van der Waals surface area contributed by atoms with E-state index in [0.29, 0.717) is 18.6 Å². The van der Waals surface area contributed by atoms with Crippen LogP contribution >= 0.6 is 0 Å². The third-order valence-corrected chi connectivity index (χ3v) is 1.27. The topological polar surface area (TPSA) is 46.5 Å². The number of aliphatic hydroxyl groups is 1. The van der Waals surface area contributed by atoms with Gasteiger partial charge in [0.15, 0.2) is 0 Å². The third-order valence-electron chi connectivity index (χ3n) is 1.27. The molecule has 1 heterocycles. The summed E-state index contributed by atoms with van der Waals surface area (Å²) in [6, 6.07) is 0. The molecule has 0 saturated carbocycles. The number of rotatable bonds is 0. The van der Waals surface area contributed by atoms with E-state index in [-0.39, 0.29) is 11.7 Å². The quantitative estimate of drug-likeness (QED) is 0.297. The highest BCUT2D eigenvalue weighted by molar-refractivity contribution is 5.90. The Morgan fingerprint density at radius 2 is 2.44 bits per heavy atom. The van der Waals surface area contributed by atoms with Gasteiger partial charge in [-0.2, -0.15) is 0 Å². The molecule has 0 aromatic carbocycles. The molecule has 50 valence electrons. The molecular formula is C6H8O3. The Balaban J connectivity index is 2.83. The lowest BCUT2D eigenvalue weighted by Gasteiger charge is -1.90. The van der Waals surface area contributed by atoms with Gasteiger partial charge in [-0.05, 0) is 6.92 Å². The fraction of sp³-hybridized carbons (Fsp3) is 0.500.